The SMILES string of the molecule is CC1CN(C(=O)OCc2ccccc2)CCS1=O. The van der Waals surface area contributed by atoms with Crippen LogP contribution in [0.2, 0.25) is 0 Å². The third-order valence-electron chi connectivity index (χ3n) is 2.95. The molecule has 1 heterocycles. The van der Waals surface area contributed by atoms with Crippen molar-refractivity contribution < 1.29 is 13.7 Å². The molecule has 2 atom stereocenters. The second-order valence-electron chi connectivity index (χ2n) is 4.38. The van der Waals surface area contributed by atoms with Crippen LogP contribution in [0.4, 0.5) is 4.79 Å². The van der Waals surface area contributed by atoms with E-state index in [0.717, 1.165) is 5.56 Å². The molecule has 4 nitrogen and oxygen atoms in total. The van der Waals surface area contributed by atoms with Crippen molar-refractivity contribution in [2.24, 2.45) is 0 Å². The van der Waals surface area contributed by atoms with Gasteiger partial charge in [0.1, 0.15) is 6.61 Å². The van der Waals surface area contributed by atoms with Crippen LogP contribution in [-0.4, -0.2) is 39.3 Å². The fourth-order valence-corrected chi connectivity index (χ4v) is 3.01. The monoisotopic (exact) mass is 267 g/mol. The number of carbonyl (C=O) groups is 1. The topological polar surface area (TPSA) is 46.6 Å². The highest BCUT2D eigenvalue weighted by Gasteiger charge is 2.26. The second kappa shape index (κ2) is 6.00. The summed E-state index contributed by atoms with van der Waals surface area (Å²) in [7, 11) is -0.812. The summed E-state index contributed by atoms with van der Waals surface area (Å²) in [6.07, 6.45) is -0.317. The van der Waals surface area contributed by atoms with Gasteiger partial charge >= 0.3 is 6.09 Å². The maximum absolute atomic E-state index is 11.8. The Hall–Kier alpha value is -1.36. The minimum absolute atomic E-state index is 0.0306. The molecule has 1 aromatic carbocycles. The van der Waals surface area contributed by atoms with Crippen molar-refractivity contribution in [2.75, 3.05) is 18.8 Å². The molecule has 0 aliphatic carbocycles. The van der Waals surface area contributed by atoms with Crippen LogP contribution in [0.3, 0.4) is 0 Å². The summed E-state index contributed by atoms with van der Waals surface area (Å²) in [5.74, 6) is 0.543. The van der Waals surface area contributed by atoms with Crippen molar-refractivity contribution in [3.05, 3.63) is 35.9 Å². The molecule has 18 heavy (non-hydrogen) atoms. The number of ether oxygens (including phenoxy) is 1. The molecule has 1 aliphatic heterocycles. The normalized spacial score (nSPS) is 23.7. The van der Waals surface area contributed by atoms with Crippen LogP contribution < -0.4 is 0 Å². The van der Waals surface area contributed by atoms with Gasteiger partial charge in [0.25, 0.3) is 0 Å². The van der Waals surface area contributed by atoms with E-state index in [0.29, 0.717) is 18.8 Å². The number of hydrogen-bond donors (Lipinski definition) is 0. The molecule has 98 valence electrons. The summed E-state index contributed by atoms with van der Waals surface area (Å²) < 4.78 is 16.7. The van der Waals surface area contributed by atoms with Gasteiger partial charge in [-0.2, -0.15) is 0 Å². The summed E-state index contributed by atoms with van der Waals surface area (Å²) in [6.45, 7) is 3.21. The Bertz CT molecular complexity index is 435. The van der Waals surface area contributed by atoms with Gasteiger partial charge in [-0.15, -0.1) is 0 Å². The number of hydrogen-bond acceptors (Lipinski definition) is 3. The first kappa shape index (κ1) is 13.1. The van der Waals surface area contributed by atoms with Gasteiger partial charge in [-0.25, -0.2) is 4.79 Å². The molecule has 5 heteroatoms. The Morgan fingerprint density at radius 2 is 2.17 bits per heavy atom. The molecule has 1 aromatic rings. The molecular weight excluding hydrogens is 250 g/mol. The van der Waals surface area contributed by atoms with Crippen LogP contribution in [0.25, 0.3) is 0 Å². The second-order valence-corrected chi connectivity index (χ2v) is 6.36. The van der Waals surface area contributed by atoms with Crippen molar-refractivity contribution in [1.29, 1.82) is 0 Å². The van der Waals surface area contributed by atoms with Gasteiger partial charge in [0.2, 0.25) is 0 Å². The standard InChI is InChI=1S/C13H17NO3S/c1-11-9-14(7-8-18(11)16)13(15)17-10-12-5-3-2-4-6-12/h2-6,11H,7-10H2,1H3. The van der Waals surface area contributed by atoms with Crippen molar-refractivity contribution >= 4 is 16.9 Å². The van der Waals surface area contributed by atoms with Gasteiger partial charge < -0.3 is 9.64 Å². The Morgan fingerprint density at radius 1 is 1.44 bits per heavy atom. The van der Waals surface area contributed by atoms with E-state index in [2.05, 4.69) is 0 Å². The van der Waals surface area contributed by atoms with Crippen LogP contribution in [-0.2, 0) is 22.1 Å². The van der Waals surface area contributed by atoms with Crippen LogP contribution in [0.1, 0.15) is 12.5 Å². The quantitative estimate of drug-likeness (QED) is 0.820. The number of rotatable bonds is 2. The van der Waals surface area contributed by atoms with Crippen LogP contribution >= 0.6 is 0 Å². The molecular formula is C13H17NO3S. The predicted octanol–water partition coefficient (Wildman–Crippen LogP) is 1.78. The third-order valence-corrected chi connectivity index (χ3v) is 4.58. The maximum atomic E-state index is 11.8. The van der Waals surface area contributed by atoms with Gasteiger partial charge in [-0.1, -0.05) is 30.3 Å². The van der Waals surface area contributed by atoms with E-state index in [1.54, 1.807) is 4.90 Å². The lowest BCUT2D eigenvalue weighted by Gasteiger charge is -2.29. The first-order valence-corrected chi connectivity index (χ1v) is 7.38. The zero-order valence-electron chi connectivity index (χ0n) is 10.4. The molecule has 0 bridgehead atoms. The predicted molar refractivity (Wildman–Crippen MR) is 70.7 cm³/mol. The number of nitrogens with zero attached hydrogens (tertiary/aromatic N) is 1. The highest BCUT2D eigenvalue weighted by Crippen LogP contribution is 2.10. The lowest BCUT2D eigenvalue weighted by Crippen LogP contribution is -2.46. The Morgan fingerprint density at radius 3 is 2.83 bits per heavy atom. The third kappa shape index (κ3) is 3.32. The number of amides is 1. The first-order chi connectivity index (χ1) is 8.66. The zero-order valence-corrected chi connectivity index (χ0v) is 11.2. The van der Waals surface area contributed by atoms with E-state index in [1.165, 1.54) is 0 Å². The molecule has 1 amide bonds. The van der Waals surface area contributed by atoms with E-state index >= 15 is 0 Å². The summed E-state index contributed by atoms with van der Waals surface area (Å²) in [4.78, 5) is 13.5. The molecule has 1 saturated heterocycles. The lowest BCUT2D eigenvalue weighted by molar-refractivity contribution is 0.0974. The molecule has 0 radical (unpaired) electrons. The highest BCUT2D eigenvalue weighted by atomic mass is 32.2. The smallest absolute Gasteiger partial charge is 0.410 e. The van der Waals surface area contributed by atoms with E-state index in [1.807, 2.05) is 37.3 Å². The molecule has 1 aliphatic rings. The summed E-state index contributed by atoms with van der Waals surface area (Å²) in [6, 6.07) is 9.58. The van der Waals surface area contributed by atoms with E-state index in [-0.39, 0.29) is 18.0 Å². The fourth-order valence-electron chi connectivity index (χ4n) is 1.86. The van der Waals surface area contributed by atoms with E-state index < -0.39 is 10.8 Å². The zero-order chi connectivity index (χ0) is 13.0. The van der Waals surface area contributed by atoms with Crippen molar-refractivity contribution in [3.63, 3.8) is 0 Å². The Kier molecular flexibility index (Phi) is 4.36. The van der Waals surface area contributed by atoms with Gasteiger partial charge in [0, 0.05) is 34.9 Å². The van der Waals surface area contributed by atoms with Crippen LogP contribution in [0.5, 0.6) is 0 Å². The summed E-state index contributed by atoms with van der Waals surface area (Å²) in [5, 5.41) is 0.0306. The number of benzene rings is 1. The first-order valence-electron chi connectivity index (χ1n) is 5.99. The van der Waals surface area contributed by atoms with Crippen LogP contribution in [0, 0.1) is 0 Å². The fraction of sp³-hybridized carbons (Fsp3) is 0.462. The van der Waals surface area contributed by atoms with Crippen molar-refractivity contribution in [2.45, 2.75) is 18.8 Å². The molecule has 0 spiro atoms. The maximum Gasteiger partial charge on any atom is 0.410 e. The summed E-state index contributed by atoms with van der Waals surface area (Å²) >= 11 is 0. The average molecular weight is 267 g/mol. The largest absolute Gasteiger partial charge is 0.445 e. The molecule has 2 rings (SSSR count). The van der Waals surface area contributed by atoms with Crippen molar-refractivity contribution in [1.82, 2.24) is 4.90 Å². The average Bonchev–Trinajstić information content (AvgIpc) is 2.40. The molecule has 0 saturated carbocycles. The Balaban J connectivity index is 1.83. The summed E-state index contributed by atoms with van der Waals surface area (Å²) in [5.41, 5.74) is 0.972. The minimum atomic E-state index is -0.812. The molecule has 1 fully saturated rings. The van der Waals surface area contributed by atoms with Gasteiger partial charge in [-0.05, 0) is 12.5 Å². The molecule has 0 N–H and O–H groups in total. The van der Waals surface area contributed by atoms with Crippen LogP contribution in [0.15, 0.2) is 30.3 Å². The van der Waals surface area contributed by atoms with E-state index in [9.17, 15) is 9.00 Å². The molecule has 0 aromatic heterocycles. The van der Waals surface area contributed by atoms with Gasteiger partial charge in [0.05, 0.1) is 0 Å². The molecule has 2 unspecified atom stereocenters. The van der Waals surface area contributed by atoms with Crippen molar-refractivity contribution in [3.8, 4) is 0 Å². The number of carbonyl (C=O) groups excluding carboxylic acids is 1. The Labute approximate surface area is 109 Å². The van der Waals surface area contributed by atoms with E-state index in [4.69, 9.17) is 4.74 Å². The highest BCUT2D eigenvalue weighted by molar-refractivity contribution is 7.85. The van der Waals surface area contributed by atoms with Gasteiger partial charge in [-0.3, -0.25) is 4.21 Å². The minimum Gasteiger partial charge on any atom is -0.445 e. The lowest BCUT2D eigenvalue weighted by atomic mass is 10.2. The van der Waals surface area contributed by atoms with Gasteiger partial charge in [0.15, 0.2) is 0 Å².